The molecular formula is C17H16Cl2N4O2S. The van der Waals surface area contributed by atoms with Gasteiger partial charge in [0.1, 0.15) is 6.61 Å². The summed E-state index contributed by atoms with van der Waals surface area (Å²) in [5.74, 6) is 0.721. The summed E-state index contributed by atoms with van der Waals surface area (Å²) < 4.78 is 7.17. The molecule has 0 unspecified atom stereocenters. The molecule has 1 N–H and O–H groups in total. The first kappa shape index (κ1) is 19.0. The zero-order valence-electron chi connectivity index (χ0n) is 13.8. The van der Waals surface area contributed by atoms with Gasteiger partial charge in [0.15, 0.2) is 5.75 Å². The number of thioether (sulfide) groups is 1. The van der Waals surface area contributed by atoms with Crippen LogP contribution in [0.3, 0.4) is 0 Å². The highest BCUT2D eigenvalue weighted by molar-refractivity contribution is 7.99. The Balaban J connectivity index is 1.58. The molecule has 6 nitrogen and oxygen atoms in total. The number of tetrazole rings is 1. The summed E-state index contributed by atoms with van der Waals surface area (Å²) in [6, 6.07) is 12.9. The quantitative estimate of drug-likeness (QED) is 0.596. The van der Waals surface area contributed by atoms with E-state index in [2.05, 4.69) is 15.5 Å². The van der Waals surface area contributed by atoms with Gasteiger partial charge in [-0.25, -0.2) is 0 Å². The molecular weight excluding hydrogens is 395 g/mol. The third-order valence-electron chi connectivity index (χ3n) is 3.46. The second-order valence-corrected chi connectivity index (χ2v) is 7.34. The summed E-state index contributed by atoms with van der Waals surface area (Å²) >= 11 is 13.4. The fraction of sp³-hybridized carbons (Fsp3) is 0.235. The van der Waals surface area contributed by atoms with E-state index >= 15 is 0 Å². The van der Waals surface area contributed by atoms with E-state index < -0.39 is 6.10 Å². The van der Waals surface area contributed by atoms with Crippen LogP contribution in [0, 0.1) is 6.92 Å². The van der Waals surface area contributed by atoms with Gasteiger partial charge in [-0.3, -0.25) is 0 Å². The number of halogens is 2. The van der Waals surface area contributed by atoms with E-state index in [4.69, 9.17) is 27.9 Å². The van der Waals surface area contributed by atoms with Gasteiger partial charge in [-0.15, -0.1) is 5.10 Å². The van der Waals surface area contributed by atoms with Crippen molar-refractivity contribution in [3.05, 3.63) is 58.1 Å². The molecule has 0 radical (unpaired) electrons. The molecule has 0 bridgehead atoms. The van der Waals surface area contributed by atoms with Crippen LogP contribution in [0.1, 0.15) is 5.56 Å². The third-order valence-corrected chi connectivity index (χ3v) is 5.12. The van der Waals surface area contributed by atoms with Crippen LogP contribution in [-0.4, -0.2) is 43.8 Å². The molecule has 9 heteroatoms. The van der Waals surface area contributed by atoms with Gasteiger partial charge < -0.3 is 9.84 Å². The van der Waals surface area contributed by atoms with Crippen molar-refractivity contribution >= 4 is 35.0 Å². The molecule has 0 fully saturated rings. The molecule has 0 aliphatic rings. The van der Waals surface area contributed by atoms with E-state index in [0.29, 0.717) is 26.7 Å². The van der Waals surface area contributed by atoms with E-state index in [-0.39, 0.29) is 6.61 Å². The van der Waals surface area contributed by atoms with E-state index in [1.165, 1.54) is 11.8 Å². The van der Waals surface area contributed by atoms with Crippen LogP contribution in [0.25, 0.3) is 5.69 Å². The highest BCUT2D eigenvalue weighted by atomic mass is 35.5. The van der Waals surface area contributed by atoms with Crippen molar-refractivity contribution in [2.45, 2.75) is 18.2 Å². The Bertz CT molecular complexity index is 853. The Kier molecular flexibility index (Phi) is 6.37. The first-order chi connectivity index (χ1) is 12.5. The number of aryl methyl sites for hydroxylation is 1. The third kappa shape index (κ3) is 4.67. The topological polar surface area (TPSA) is 73.1 Å². The lowest BCUT2D eigenvalue weighted by Gasteiger charge is -2.13. The van der Waals surface area contributed by atoms with E-state index in [1.54, 1.807) is 22.9 Å². The molecule has 0 spiro atoms. The minimum atomic E-state index is -0.740. The van der Waals surface area contributed by atoms with Crippen molar-refractivity contribution in [3.63, 3.8) is 0 Å². The van der Waals surface area contributed by atoms with Crippen molar-refractivity contribution in [1.82, 2.24) is 20.2 Å². The summed E-state index contributed by atoms with van der Waals surface area (Å²) in [7, 11) is 0. The normalized spacial score (nSPS) is 12.2. The molecule has 2 aromatic carbocycles. The molecule has 1 heterocycles. The zero-order valence-corrected chi connectivity index (χ0v) is 16.2. The number of aromatic nitrogens is 4. The highest BCUT2D eigenvalue weighted by Crippen LogP contribution is 2.32. The van der Waals surface area contributed by atoms with Crippen LogP contribution in [0.15, 0.2) is 47.6 Å². The lowest BCUT2D eigenvalue weighted by atomic mass is 10.2. The van der Waals surface area contributed by atoms with Crippen molar-refractivity contribution in [2.24, 2.45) is 0 Å². The Hall–Kier alpha value is -1.80. The number of para-hydroxylation sites is 1. The Labute approximate surface area is 165 Å². The molecule has 136 valence electrons. The number of ether oxygens (including phenoxy) is 1. The summed E-state index contributed by atoms with van der Waals surface area (Å²) in [6.07, 6.45) is -0.740. The van der Waals surface area contributed by atoms with Gasteiger partial charge in [0.25, 0.3) is 0 Å². The average Bonchev–Trinajstić information content (AvgIpc) is 3.09. The zero-order chi connectivity index (χ0) is 18.5. The van der Waals surface area contributed by atoms with Crippen LogP contribution >= 0.6 is 35.0 Å². The van der Waals surface area contributed by atoms with Gasteiger partial charge in [-0.2, -0.15) is 4.68 Å². The average molecular weight is 411 g/mol. The van der Waals surface area contributed by atoms with E-state index in [9.17, 15) is 5.11 Å². The van der Waals surface area contributed by atoms with Crippen molar-refractivity contribution in [2.75, 3.05) is 12.4 Å². The molecule has 0 saturated carbocycles. The number of aliphatic hydroxyl groups is 1. The van der Waals surface area contributed by atoms with Crippen molar-refractivity contribution in [1.29, 1.82) is 0 Å². The van der Waals surface area contributed by atoms with E-state index in [0.717, 1.165) is 11.3 Å². The summed E-state index contributed by atoms with van der Waals surface area (Å²) in [5.41, 5.74) is 2.01. The lowest BCUT2D eigenvalue weighted by molar-refractivity contribution is 0.126. The SMILES string of the molecule is Cc1ccc(-n2nnnc2SC[C@H](O)COc2c(Cl)cccc2Cl)cc1. The summed E-state index contributed by atoms with van der Waals surface area (Å²) in [4.78, 5) is 0. The van der Waals surface area contributed by atoms with Gasteiger partial charge in [-0.05, 0) is 41.6 Å². The maximum Gasteiger partial charge on any atom is 0.214 e. The van der Waals surface area contributed by atoms with Gasteiger partial charge in [-0.1, -0.05) is 58.7 Å². The highest BCUT2D eigenvalue weighted by Gasteiger charge is 2.14. The Morgan fingerprint density at radius 1 is 1.15 bits per heavy atom. The Morgan fingerprint density at radius 2 is 1.85 bits per heavy atom. The smallest absolute Gasteiger partial charge is 0.214 e. The largest absolute Gasteiger partial charge is 0.488 e. The van der Waals surface area contributed by atoms with Gasteiger partial charge in [0, 0.05) is 5.75 Å². The number of hydrogen-bond donors (Lipinski definition) is 1. The van der Waals surface area contributed by atoms with E-state index in [1.807, 2.05) is 31.2 Å². The molecule has 0 amide bonds. The second kappa shape index (κ2) is 8.73. The first-order valence-corrected chi connectivity index (χ1v) is 9.52. The predicted molar refractivity (Wildman–Crippen MR) is 103 cm³/mol. The second-order valence-electron chi connectivity index (χ2n) is 5.54. The molecule has 0 aliphatic carbocycles. The van der Waals surface area contributed by atoms with Crippen LogP contribution in [0.4, 0.5) is 0 Å². The minimum Gasteiger partial charge on any atom is -0.488 e. The lowest BCUT2D eigenvalue weighted by Crippen LogP contribution is -2.20. The number of aliphatic hydroxyl groups excluding tert-OH is 1. The standard InChI is InChI=1S/C17H16Cl2N4O2S/c1-11-5-7-12(8-6-11)23-17(20-21-22-23)26-10-13(24)9-25-16-14(18)3-2-4-15(16)19/h2-8,13,24H,9-10H2,1H3/t13-/m1/s1. The number of benzene rings is 2. The number of nitrogens with zero attached hydrogens (tertiary/aromatic N) is 4. The van der Waals surface area contributed by atoms with Crippen molar-refractivity contribution < 1.29 is 9.84 Å². The van der Waals surface area contributed by atoms with Gasteiger partial charge in [0.2, 0.25) is 5.16 Å². The fourth-order valence-corrected chi connectivity index (χ4v) is 3.44. The first-order valence-electron chi connectivity index (χ1n) is 7.77. The molecule has 3 aromatic rings. The Morgan fingerprint density at radius 3 is 2.54 bits per heavy atom. The van der Waals surface area contributed by atoms with Crippen LogP contribution in [-0.2, 0) is 0 Å². The van der Waals surface area contributed by atoms with Crippen LogP contribution in [0.2, 0.25) is 10.0 Å². The maximum absolute atomic E-state index is 10.2. The fourth-order valence-electron chi connectivity index (χ4n) is 2.14. The molecule has 0 saturated heterocycles. The molecule has 1 aromatic heterocycles. The number of rotatable bonds is 7. The van der Waals surface area contributed by atoms with Crippen LogP contribution < -0.4 is 4.74 Å². The van der Waals surface area contributed by atoms with Crippen LogP contribution in [0.5, 0.6) is 5.75 Å². The minimum absolute atomic E-state index is 0.0581. The van der Waals surface area contributed by atoms with Crippen molar-refractivity contribution in [3.8, 4) is 11.4 Å². The number of hydrogen-bond acceptors (Lipinski definition) is 6. The molecule has 26 heavy (non-hydrogen) atoms. The summed E-state index contributed by atoms with van der Waals surface area (Å²) in [6.45, 7) is 2.07. The predicted octanol–water partition coefficient (Wildman–Crippen LogP) is 3.81. The summed E-state index contributed by atoms with van der Waals surface area (Å²) in [5, 5.41) is 23.3. The van der Waals surface area contributed by atoms with Gasteiger partial charge >= 0.3 is 0 Å². The molecule has 3 rings (SSSR count). The van der Waals surface area contributed by atoms with Gasteiger partial charge in [0.05, 0.1) is 21.8 Å². The molecule has 1 atom stereocenters. The monoisotopic (exact) mass is 410 g/mol. The molecule has 0 aliphatic heterocycles. The maximum atomic E-state index is 10.2.